The SMILES string of the molecule is CC#N.CC#N.CC#N.CC#N.CC(=O)[O-].CC(=O)[O-].CC(=O)[O-].CC(=O)[O-].[Cr+2].[Cr+2]. The Morgan fingerprint density at radius 1 is 0.467 bits per heavy atom. The second-order valence-electron chi connectivity index (χ2n) is 2.86. The van der Waals surface area contributed by atoms with Gasteiger partial charge in [-0.2, -0.15) is 21.0 Å². The molecule has 0 aromatic rings. The zero-order valence-corrected chi connectivity index (χ0v) is 20.4. The van der Waals surface area contributed by atoms with Crippen LogP contribution in [0, 0.1) is 45.3 Å². The first-order chi connectivity index (χ1) is 12.6. The smallest absolute Gasteiger partial charge is 0.550 e. The average molecular weight is 504 g/mol. The zero-order chi connectivity index (χ0) is 25.1. The van der Waals surface area contributed by atoms with Crippen molar-refractivity contribution in [2.75, 3.05) is 0 Å². The van der Waals surface area contributed by atoms with E-state index in [-0.39, 0.29) is 34.7 Å². The van der Waals surface area contributed by atoms with Gasteiger partial charge in [-0.25, -0.2) is 0 Å². The Morgan fingerprint density at radius 2 is 0.467 bits per heavy atom. The van der Waals surface area contributed by atoms with Crippen molar-refractivity contribution in [2.24, 2.45) is 0 Å². The Morgan fingerprint density at radius 3 is 0.467 bits per heavy atom. The Kier molecular flexibility index (Phi) is 203. The zero-order valence-electron chi connectivity index (χ0n) is 17.9. The maximum Gasteiger partial charge on any atom is 2.00 e. The van der Waals surface area contributed by atoms with Gasteiger partial charge in [0.2, 0.25) is 0 Å². The van der Waals surface area contributed by atoms with Crippen LogP contribution in [0.1, 0.15) is 55.4 Å². The molecule has 0 spiro atoms. The van der Waals surface area contributed by atoms with Crippen LogP contribution in [0.25, 0.3) is 0 Å². The largest absolute Gasteiger partial charge is 2.00 e. The van der Waals surface area contributed by atoms with Gasteiger partial charge >= 0.3 is 34.7 Å². The summed E-state index contributed by atoms with van der Waals surface area (Å²) in [5.41, 5.74) is 0. The van der Waals surface area contributed by atoms with Crippen molar-refractivity contribution in [2.45, 2.75) is 55.4 Å². The molecule has 0 saturated heterocycles. The van der Waals surface area contributed by atoms with Gasteiger partial charge in [-0.1, -0.05) is 0 Å². The number of carbonyl (C=O) groups excluding carboxylic acids is 4. The number of hydrogen-bond donors (Lipinski definition) is 0. The van der Waals surface area contributed by atoms with Crippen molar-refractivity contribution in [3.8, 4) is 24.3 Å². The molecule has 0 aromatic heterocycles. The third-order valence-electron chi connectivity index (χ3n) is 0. The molecule has 0 aliphatic heterocycles. The van der Waals surface area contributed by atoms with E-state index in [1.54, 1.807) is 24.3 Å². The molecule has 0 N–H and O–H groups in total. The van der Waals surface area contributed by atoms with Crippen LogP contribution in [0.4, 0.5) is 0 Å². The summed E-state index contributed by atoms with van der Waals surface area (Å²) in [6.45, 7) is 9.61. The van der Waals surface area contributed by atoms with Crippen LogP contribution in [-0.4, -0.2) is 23.9 Å². The van der Waals surface area contributed by atoms with Gasteiger partial charge in [0.05, 0.1) is 24.3 Å². The molecule has 168 valence electrons. The van der Waals surface area contributed by atoms with E-state index in [1.807, 2.05) is 0 Å². The number of carboxylic acids is 4. The Hall–Kier alpha value is -3.10. The van der Waals surface area contributed by atoms with Crippen LogP contribution in [0.3, 0.4) is 0 Å². The first-order valence-electron chi connectivity index (χ1n) is 6.53. The van der Waals surface area contributed by atoms with E-state index in [1.165, 1.54) is 27.7 Å². The van der Waals surface area contributed by atoms with Gasteiger partial charge in [0.15, 0.2) is 0 Å². The molecule has 0 amide bonds. The van der Waals surface area contributed by atoms with Crippen LogP contribution in [0.15, 0.2) is 0 Å². The molecule has 0 aromatic carbocycles. The summed E-state index contributed by atoms with van der Waals surface area (Å²) in [4.78, 5) is 35.6. The van der Waals surface area contributed by atoms with Crippen LogP contribution in [0.2, 0.25) is 0 Å². The molecule has 0 aliphatic rings. The molecule has 14 heteroatoms. The van der Waals surface area contributed by atoms with Crippen molar-refractivity contribution >= 4 is 23.9 Å². The number of hydrogen-bond acceptors (Lipinski definition) is 12. The fraction of sp³-hybridized carbons (Fsp3) is 0.500. The molecule has 0 saturated carbocycles. The summed E-state index contributed by atoms with van der Waals surface area (Å²) in [7, 11) is 0. The van der Waals surface area contributed by atoms with Gasteiger partial charge in [-0.05, 0) is 27.7 Å². The molecule has 0 bridgehead atoms. The summed E-state index contributed by atoms with van der Waals surface area (Å²) in [5.74, 6) is -4.33. The van der Waals surface area contributed by atoms with Crippen LogP contribution >= 0.6 is 0 Å². The van der Waals surface area contributed by atoms with Crippen molar-refractivity contribution in [1.29, 1.82) is 21.0 Å². The molecule has 30 heavy (non-hydrogen) atoms. The topological polar surface area (TPSA) is 256 Å². The predicted molar refractivity (Wildman–Crippen MR) is 87.9 cm³/mol. The molecule has 0 heterocycles. The van der Waals surface area contributed by atoms with E-state index in [0.29, 0.717) is 0 Å². The van der Waals surface area contributed by atoms with Crippen LogP contribution in [-0.2, 0) is 53.9 Å². The number of carboxylic acid groups (broad SMARTS) is 4. The van der Waals surface area contributed by atoms with Gasteiger partial charge in [-0.3, -0.25) is 0 Å². The predicted octanol–water partition coefficient (Wildman–Crippen LogP) is -2.86. The van der Waals surface area contributed by atoms with Gasteiger partial charge in [-0.15, -0.1) is 0 Å². The third-order valence-corrected chi connectivity index (χ3v) is 0. The molecule has 0 fully saturated rings. The van der Waals surface area contributed by atoms with Gasteiger partial charge in [0.25, 0.3) is 0 Å². The molecule has 0 radical (unpaired) electrons. The average Bonchev–Trinajstić information content (AvgIpc) is 2.38. The minimum Gasteiger partial charge on any atom is -0.550 e. The van der Waals surface area contributed by atoms with E-state index in [9.17, 15) is 0 Å². The molecule has 0 atom stereocenters. The summed E-state index contributed by atoms with van der Waals surface area (Å²) >= 11 is 0. The van der Waals surface area contributed by atoms with Gasteiger partial charge in [0, 0.05) is 51.6 Å². The summed E-state index contributed by atoms with van der Waals surface area (Å²) in [5, 5.41) is 64.8. The Balaban J connectivity index is -0.0000000189. The normalized spacial score (nSPS) is 4.40. The van der Waals surface area contributed by atoms with Crippen LogP contribution < -0.4 is 20.4 Å². The fourth-order valence-electron chi connectivity index (χ4n) is 0. The van der Waals surface area contributed by atoms with Gasteiger partial charge in [0.1, 0.15) is 0 Å². The molecule has 0 rings (SSSR count). The fourth-order valence-corrected chi connectivity index (χ4v) is 0. The maximum absolute atomic E-state index is 8.89. The minimum absolute atomic E-state index is 0. The third kappa shape index (κ3) is 1490. The Bertz CT molecular complexity index is 419. The van der Waals surface area contributed by atoms with E-state index >= 15 is 0 Å². The monoisotopic (exact) mass is 504 g/mol. The summed E-state index contributed by atoms with van der Waals surface area (Å²) in [6, 6.07) is 7.00. The van der Waals surface area contributed by atoms with E-state index in [2.05, 4.69) is 0 Å². The standard InChI is InChI=1S/4C2H3N.4C2H4O2.2Cr/c4*1-2-3;4*1-2(3)4;;/h4*1H3;4*1H3,(H,3,4);;/q;;;;;;;;2*+2/p-4. The molecule has 12 nitrogen and oxygen atoms in total. The number of rotatable bonds is 0. The van der Waals surface area contributed by atoms with E-state index < -0.39 is 23.9 Å². The van der Waals surface area contributed by atoms with Crippen molar-refractivity contribution in [1.82, 2.24) is 0 Å². The molecular formula is C16H24Cr2N4O8. The molecular weight excluding hydrogens is 480 g/mol. The van der Waals surface area contributed by atoms with Crippen LogP contribution in [0.5, 0.6) is 0 Å². The number of aliphatic carboxylic acids is 4. The summed E-state index contributed by atoms with van der Waals surface area (Å²) in [6.07, 6.45) is 0. The van der Waals surface area contributed by atoms with Crippen molar-refractivity contribution in [3.63, 3.8) is 0 Å². The van der Waals surface area contributed by atoms with E-state index in [0.717, 1.165) is 27.7 Å². The second-order valence-corrected chi connectivity index (χ2v) is 2.86. The summed E-state index contributed by atoms with van der Waals surface area (Å²) < 4.78 is 0. The Labute approximate surface area is 198 Å². The maximum atomic E-state index is 8.89. The first kappa shape index (κ1) is 63.2. The number of carbonyl (C=O) groups is 4. The first-order valence-corrected chi connectivity index (χ1v) is 6.53. The quantitative estimate of drug-likeness (QED) is 0.323. The molecule has 0 aliphatic carbocycles. The van der Waals surface area contributed by atoms with Gasteiger partial charge < -0.3 is 39.6 Å². The second kappa shape index (κ2) is 96.5. The number of nitriles is 4. The van der Waals surface area contributed by atoms with Crippen molar-refractivity contribution < 1.29 is 74.3 Å². The number of nitrogens with zero attached hydrogens (tertiary/aromatic N) is 4. The minimum atomic E-state index is -1.08. The van der Waals surface area contributed by atoms with Crippen molar-refractivity contribution in [3.05, 3.63) is 0 Å². The van der Waals surface area contributed by atoms with E-state index in [4.69, 9.17) is 60.7 Å². The molecule has 0 unspecified atom stereocenters.